The highest BCUT2D eigenvalue weighted by Gasteiger charge is 2.24. The number of benzene rings is 1. The quantitative estimate of drug-likeness (QED) is 0.886. The first-order chi connectivity index (χ1) is 10.1. The predicted molar refractivity (Wildman–Crippen MR) is 82.7 cm³/mol. The summed E-state index contributed by atoms with van der Waals surface area (Å²) in [4.78, 5) is 17.7. The zero-order valence-corrected chi connectivity index (χ0v) is 12.7. The van der Waals surface area contributed by atoms with Crippen molar-refractivity contribution in [2.75, 3.05) is 4.90 Å². The second-order valence-electron chi connectivity index (χ2n) is 4.74. The number of rotatable bonds is 5. The lowest BCUT2D eigenvalue weighted by molar-refractivity contribution is 0.255. The predicted octanol–water partition coefficient (Wildman–Crippen LogP) is 2.71. The lowest BCUT2D eigenvalue weighted by Gasteiger charge is -2.22. The Morgan fingerprint density at radius 2 is 1.81 bits per heavy atom. The Hall–Kier alpha value is -2.37. The summed E-state index contributed by atoms with van der Waals surface area (Å²) in [6, 6.07) is 5.41. The number of amides is 2. The van der Waals surface area contributed by atoms with Crippen molar-refractivity contribution in [3.63, 3.8) is 0 Å². The van der Waals surface area contributed by atoms with Crippen molar-refractivity contribution >= 4 is 17.7 Å². The number of nitrogens with zero attached hydrogens (tertiary/aromatic N) is 3. The number of hydrogen-bond donors (Lipinski definition) is 2. The highest BCUT2D eigenvalue weighted by molar-refractivity contribution is 5.98. The molecule has 0 saturated carbocycles. The zero-order chi connectivity index (χ0) is 15.4. The Labute approximate surface area is 124 Å². The van der Waals surface area contributed by atoms with Gasteiger partial charge in [0.1, 0.15) is 5.82 Å². The molecule has 0 aliphatic carbocycles. The van der Waals surface area contributed by atoms with Crippen LogP contribution in [0.4, 0.5) is 16.4 Å². The first-order valence-corrected chi connectivity index (χ1v) is 7.23. The van der Waals surface area contributed by atoms with E-state index in [-0.39, 0.29) is 0 Å². The first-order valence-electron chi connectivity index (χ1n) is 7.23. The number of hydrogen-bond acceptors (Lipinski definition) is 3. The van der Waals surface area contributed by atoms with Gasteiger partial charge in [-0.2, -0.15) is 4.98 Å². The minimum atomic E-state index is -0.577. The molecule has 112 valence electrons. The van der Waals surface area contributed by atoms with Gasteiger partial charge < -0.3 is 5.73 Å². The van der Waals surface area contributed by atoms with Gasteiger partial charge >= 0.3 is 6.03 Å². The van der Waals surface area contributed by atoms with Crippen LogP contribution in [-0.2, 0) is 19.3 Å². The molecule has 0 saturated heterocycles. The van der Waals surface area contributed by atoms with Gasteiger partial charge in [-0.1, -0.05) is 39.0 Å². The molecule has 2 rings (SSSR count). The molecule has 1 aromatic heterocycles. The fraction of sp³-hybridized carbons (Fsp3) is 0.400. The van der Waals surface area contributed by atoms with E-state index < -0.39 is 6.03 Å². The van der Waals surface area contributed by atoms with E-state index in [2.05, 4.69) is 15.2 Å². The largest absolute Gasteiger partial charge is 0.351 e. The molecule has 0 spiro atoms. The van der Waals surface area contributed by atoms with Crippen LogP contribution in [0.1, 0.15) is 37.7 Å². The van der Waals surface area contributed by atoms with Gasteiger partial charge in [-0.3, -0.25) is 5.10 Å². The number of aromatic nitrogens is 3. The van der Waals surface area contributed by atoms with Crippen molar-refractivity contribution in [2.24, 2.45) is 5.73 Å². The Morgan fingerprint density at radius 3 is 2.24 bits per heavy atom. The third kappa shape index (κ3) is 2.89. The molecule has 6 nitrogen and oxygen atoms in total. The second kappa shape index (κ2) is 6.39. The topological polar surface area (TPSA) is 87.9 Å². The number of H-pyrrole nitrogens is 1. The minimum Gasteiger partial charge on any atom is -0.351 e. The molecule has 0 aliphatic heterocycles. The summed E-state index contributed by atoms with van der Waals surface area (Å²) in [5.41, 5.74) is 8.50. The first kappa shape index (κ1) is 15.0. The van der Waals surface area contributed by atoms with Gasteiger partial charge in [0, 0.05) is 6.42 Å². The molecule has 0 aliphatic rings. The molecule has 0 fully saturated rings. The summed E-state index contributed by atoms with van der Waals surface area (Å²) < 4.78 is 0. The Bertz CT molecular complexity index is 612. The molecule has 3 N–H and O–H groups in total. The third-order valence-electron chi connectivity index (χ3n) is 3.46. The van der Waals surface area contributed by atoms with Crippen molar-refractivity contribution in [1.82, 2.24) is 15.2 Å². The summed E-state index contributed by atoms with van der Waals surface area (Å²) in [7, 11) is 0. The summed E-state index contributed by atoms with van der Waals surface area (Å²) in [5, 5.41) is 6.95. The zero-order valence-electron chi connectivity index (χ0n) is 12.7. The molecule has 1 aromatic carbocycles. The highest BCUT2D eigenvalue weighted by Crippen LogP contribution is 2.31. The smallest absolute Gasteiger partial charge is 0.326 e. The number of carbonyl (C=O) groups excluding carboxylic acids is 1. The number of para-hydroxylation sites is 1. The molecular weight excluding hydrogens is 266 g/mol. The van der Waals surface area contributed by atoms with Crippen LogP contribution in [0.25, 0.3) is 0 Å². The summed E-state index contributed by atoms with van der Waals surface area (Å²) >= 11 is 0. The molecule has 0 bridgehead atoms. The van der Waals surface area contributed by atoms with Crippen LogP contribution in [0.5, 0.6) is 0 Å². The third-order valence-corrected chi connectivity index (χ3v) is 3.46. The highest BCUT2D eigenvalue weighted by atomic mass is 16.2. The van der Waals surface area contributed by atoms with E-state index in [4.69, 9.17) is 5.73 Å². The van der Waals surface area contributed by atoms with Crippen molar-refractivity contribution in [2.45, 2.75) is 40.0 Å². The Kier molecular flexibility index (Phi) is 4.57. The normalized spacial score (nSPS) is 10.6. The van der Waals surface area contributed by atoms with Gasteiger partial charge in [0.15, 0.2) is 0 Å². The fourth-order valence-electron chi connectivity index (χ4n) is 2.35. The van der Waals surface area contributed by atoms with Crippen LogP contribution in [0.15, 0.2) is 18.2 Å². The maximum absolute atomic E-state index is 12.0. The van der Waals surface area contributed by atoms with Gasteiger partial charge in [-0.25, -0.2) is 9.69 Å². The maximum Gasteiger partial charge on any atom is 0.326 e. The summed E-state index contributed by atoms with van der Waals surface area (Å²) in [6.07, 6.45) is 2.33. The number of anilines is 2. The molecule has 0 atom stereocenters. The van der Waals surface area contributed by atoms with E-state index in [9.17, 15) is 4.79 Å². The average molecular weight is 287 g/mol. The van der Waals surface area contributed by atoms with Gasteiger partial charge in [-0.15, -0.1) is 5.10 Å². The van der Waals surface area contributed by atoms with Crippen LogP contribution >= 0.6 is 0 Å². The minimum absolute atomic E-state index is 0.301. The molecule has 0 unspecified atom stereocenters. The molecule has 21 heavy (non-hydrogen) atoms. The lowest BCUT2D eigenvalue weighted by atomic mass is 10.0. The number of nitrogens with one attached hydrogen (secondary N) is 1. The summed E-state index contributed by atoms with van der Waals surface area (Å²) in [5.74, 6) is 1.03. The molecule has 2 amide bonds. The van der Waals surface area contributed by atoms with E-state index >= 15 is 0 Å². The van der Waals surface area contributed by atoms with Crippen LogP contribution in [0, 0.1) is 0 Å². The Balaban J connectivity index is 2.60. The van der Waals surface area contributed by atoms with Gasteiger partial charge in [0.05, 0.1) is 5.69 Å². The number of urea groups is 1. The van der Waals surface area contributed by atoms with Crippen molar-refractivity contribution in [3.8, 4) is 0 Å². The van der Waals surface area contributed by atoms with E-state index in [0.717, 1.165) is 41.9 Å². The molecular formula is C15H21N5O. The molecule has 1 heterocycles. The Morgan fingerprint density at radius 1 is 1.19 bits per heavy atom. The monoisotopic (exact) mass is 287 g/mol. The number of carbonyl (C=O) groups is 1. The molecule has 6 heteroatoms. The van der Waals surface area contributed by atoms with Gasteiger partial charge in [-0.05, 0) is 24.0 Å². The van der Waals surface area contributed by atoms with Crippen LogP contribution in [0.2, 0.25) is 0 Å². The fourth-order valence-corrected chi connectivity index (χ4v) is 2.35. The molecule has 2 aromatic rings. The van der Waals surface area contributed by atoms with Crippen LogP contribution < -0.4 is 10.6 Å². The number of primary amides is 1. The number of aryl methyl sites for hydroxylation is 3. The molecule has 0 radical (unpaired) electrons. The standard InChI is InChI=1S/C15H21N5O/c1-4-10-8-7-9-11(5-2)13(10)20(14(16)21)15-17-12(6-3)18-19-15/h7-9H,4-6H2,1-3H3,(H2,16,21)(H,17,18,19). The van der Waals surface area contributed by atoms with E-state index in [0.29, 0.717) is 5.95 Å². The van der Waals surface area contributed by atoms with Crippen molar-refractivity contribution in [3.05, 3.63) is 35.2 Å². The average Bonchev–Trinajstić information content (AvgIpc) is 2.95. The SMILES string of the molecule is CCc1nc(N(C(N)=O)c2c(CC)cccc2CC)n[nH]1. The van der Waals surface area contributed by atoms with Gasteiger partial charge in [0.2, 0.25) is 0 Å². The van der Waals surface area contributed by atoms with E-state index in [1.165, 1.54) is 4.90 Å². The van der Waals surface area contributed by atoms with Gasteiger partial charge in [0.25, 0.3) is 5.95 Å². The lowest BCUT2D eigenvalue weighted by Crippen LogP contribution is -2.33. The van der Waals surface area contributed by atoms with Crippen molar-refractivity contribution in [1.29, 1.82) is 0 Å². The maximum atomic E-state index is 12.0. The number of aromatic amines is 1. The number of nitrogens with two attached hydrogens (primary N) is 1. The second-order valence-corrected chi connectivity index (χ2v) is 4.74. The van der Waals surface area contributed by atoms with Crippen LogP contribution in [0.3, 0.4) is 0 Å². The van der Waals surface area contributed by atoms with E-state index in [1.54, 1.807) is 0 Å². The van der Waals surface area contributed by atoms with E-state index in [1.807, 2.05) is 39.0 Å². The van der Waals surface area contributed by atoms with Crippen molar-refractivity contribution < 1.29 is 4.79 Å². The van der Waals surface area contributed by atoms with Crippen LogP contribution in [-0.4, -0.2) is 21.2 Å². The summed E-state index contributed by atoms with van der Waals surface area (Å²) in [6.45, 7) is 6.07.